The summed E-state index contributed by atoms with van der Waals surface area (Å²) in [6.07, 6.45) is 0. The summed E-state index contributed by atoms with van der Waals surface area (Å²) in [7, 11) is 1.56. The van der Waals surface area contributed by atoms with E-state index in [2.05, 4.69) is 37.9 Å². The van der Waals surface area contributed by atoms with Crippen LogP contribution in [0, 0.1) is 11.7 Å². The molecule has 118 valence electrons. The van der Waals surface area contributed by atoms with Crippen LogP contribution < -0.4 is 10.1 Å². The molecular weight excluding hydrogens is 267 g/mol. The molecule has 0 aromatic heterocycles. The van der Waals surface area contributed by atoms with Crippen molar-refractivity contribution in [3.63, 3.8) is 0 Å². The number of rotatable bonds is 4. The van der Waals surface area contributed by atoms with Crippen LogP contribution in [-0.2, 0) is 6.54 Å². The molecule has 2 rings (SSSR count). The van der Waals surface area contributed by atoms with Crippen LogP contribution in [0.5, 0.6) is 5.75 Å². The van der Waals surface area contributed by atoms with Gasteiger partial charge in [-0.1, -0.05) is 19.9 Å². The van der Waals surface area contributed by atoms with Crippen molar-refractivity contribution in [3.8, 4) is 5.75 Å². The topological polar surface area (TPSA) is 24.5 Å². The number of nitrogens with zero attached hydrogens (tertiary/aromatic N) is 1. The van der Waals surface area contributed by atoms with Crippen LogP contribution >= 0.6 is 0 Å². The van der Waals surface area contributed by atoms with Crippen LogP contribution in [0.15, 0.2) is 18.2 Å². The van der Waals surface area contributed by atoms with Gasteiger partial charge in [-0.05, 0) is 25.8 Å². The number of piperazine rings is 1. The highest BCUT2D eigenvalue weighted by Crippen LogP contribution is 2.24. The number of benzene rings is 1. The number of methoxy groups -OCH3 is 1. The first kappa shape index (κ1) is 16.2. The Bertz CT molecular complexity index is 488. The third-order valence-corrected chi connectivity index (χ3v) is 4.26. The van der Waals surface area contributed by atoms with Crippen LogP contribution in [-0.4, -0.2) is 36.7 Å². The molecule has 0 saturated carbocycles. The van der Waals surface area contributed by atoms with Crippen LogP contribution in [0.25, 0.3) is 0 Å². The summed E-state index contributed by atoms with van der Waals surface area (Å²) in [5.74, 6) is 0.917. The number of hydrogen-bond acceptors (Lipinski definition) is 3. The quantitative estimate of drug-likeness (QED) is 0.924. The average molecular weight is 294 g/mol. The summed E-state index contributed by atoms with van der Waals surface area (Å²) in [4.78, 5) is 2.39. The third kappa shape index (κ3) is 3.95. The summed E-state index contributed by atoms with van der Waals surface area (Å²) >= 11 is 0. The average Bonchev–Trinajstić information content (AvgIpc) is 2.39. The Kier molecular flexibility index (Phi) is 4.89. The molecule has 1 fully saturated rings. The van der Waals surface area contributed by atoms with Gasteiger partial charge in [-0.25, -0.2) is 4.39 Å². The molecular formula is C17H27FN2O. The molecule has 1 aromatic carbocycles. The van der Waals surface area contributed by atoms with Crippen LogP contribution in [0.2, 0.25) is 0 Å². The fourth-order valence-corrected chi connectivity index (χ4v) is 3.02. The van der Waals surface area contributed by atoms with Gasteiger partial charge in [0.2, 0.25) is 0 Å². The fourth-order valence-electron chi connectivity index (χ4n) is 3.02. The Morgan fingerprint density at radius 2 is 2.14 bits per heavy atom. The predicted octanol–water partition coefficient (Wildman–Crippen LogP) is 3.04. The van der Waals surface area contributed by atoms with E-state index in [0.29, 0.717) is 24.3 Å². The number of ether oxygens (including phenoxy) is 1. The van der Waals surface area contributed by atoms with E-state index in [-0.39, 0.29) is 11.4 Å². The molecule has 1 heterocycles. The van der Waals surface area contributed by atoms with E-state index >= 15 is 0 Å². The van der Waals surface area contributed by atoms with Crippen molar-refractivity contribution in [2.24, 2.45) is 5.92 Å². The zero-order valence-corrected chi connectivity index (χ0v) is 13.7. The molecule has 0 aliphatic carbocycles. The standard InChI is InChI=1S/C17H27FN2O/c1-12(2)16-9-19-17(3,4)11-20(16)10-13-6-7-14(21-5)8-15(13)18/h6-8,12,16,19H,9-11H2,1-5H3. The first-order chi connectivity index (χ1) is 9.82. The third-order valence-electron chi connectivity index (χ3n) is 4.26. The van der Waals surface area contributed by atoms with E-state index < -0.39 is 0 Å². The first-order valence-corrected chi connectivity index (χ1v) is 7.64. The van der Waals surface area contributed by atoms with Crippen molar-refractivity contribution in [1.29, 1.82) is 0 Å². The highest BCUT2D eigenvalue weighted by molar-refractivity contribution is 5.29. The Labute approximate surface area is 127 Å². The summed E-state index contributed by atoms with van der Waals surface area (Å²) < 4.78 is 19.3. The van der Waals surface area contributed by atoms with Crippen molar-refractivity contribution in [2.45, 2.75) is 45.8 Å². The van der Waals surface area contributed by atoms with Crippen LogP contribution in [0.3, 0.4) is 0 Å². The minimum Gasteiger partial charge on any atom is -0.497 e. The number of halogens is 1. The predicted molar refractivity (Wildman–Crippen MR) is 84.1 cm³/mol. The summed E-state index contributed by atoms with van der Waals surface area (Å²) in [6, 6.07) is 5.56. The lowest BCUT2D eigenvalue weighted by molar-refractivity contribution is 0.0618. The normalized spacial score (nSPS) is 22.5. The van der Waals surface area contributed by atoms with E-state index in [0.717, 1.165) is 18.7 Å². The monoisotopic (exact) mass is 294 g/mol. The molecule has 1 atom stereocenters. The zero-order valence-electron chi connectivity index (χ0n) is 13.7. The Hall–Kier alpha value is -1.13. The summed E-state index contributed by atoms with van der Waals surface area (Å²) in [5.41, 5.74) is 0.799. The highest BCUT2D eigenvalue weighted by atomic mass is 19.1. The second-order valence-corrected chi connectivity index (χ2v) is 6.94. The molecule has 3 nitrogen and oxygen atoms in total. The van der Waals surface area contributed by atoms with E-state index in [1.165, 1.54) is 6.07 Å². The van der Waals surface area contributed by atoms with Gasteiger partial charge in [-0.3, -0.25) is 4.90 Å². The Morgan fingerprint density at radius 1 is 1.43 bits per heavy atom. The molecule has 1 saturated heterocycles. The number of hydrogen-bond donors (Lipinski definition) is 1. The van der Waals surface area contributed by atoms with Gasteiger partial charge >= 0.3 is 0 Å². The van der Waals surface area contributed by atoms with Crippen molar-refractivity contribution >= 4 is 0 Å². The van der Waals surface area contributed by atoms with Gasteiger partial charge in [0.05, 0.1) is 7.11 Å². The number of nitrogens with one attached hydrogen (secondary N) is 1. The zero-order chi connectivity index (χ0) is 15.6. The first-order valence-electron chi connectivity index (χ1n) is 7.64. The van der Waals surface area contributed by atoms with Crippen molar-refractivity contribution in [2.75, 3.05) is 20.2 Å². The van der Waals surface area contributed by atoms with Gasteiger partial charge in [-0.15, -0.1) is 0 Å². The molecule has 1 unspecified atom stereocenters. The molecule has 4 heteroatoms. The molecule has 1 aromatic rings. The van der Waals surface area contributed by atoms with E-state index in [1.807, 2.05) is 12.1 Å². The largest absolute Gasteiger partial charge is 0.497 e. The van der Waals surface area contributed by atoms with Gasteiger partial charge < -0.3 is 10.1 Å². The summed E-state index contributed by atoms with van der Waals surface area (Å²) in [5, 5.41) is 3.58. The fraction of sp³-hybridized carbons (Fsp3) is 0.647. The summed E-state index contributed by atoms with van der Waals surface area (Å²) in [6.45, 7) is 11.3. The smallest absolute Gasteiger partial charge is 0.131 e. The Balaban J connectivity index is 2.18. The Morgan fingerprint density at radius 3 is 2.71 bits per heavy atom. The molecule has 0 spiro atoms. The van der Waals surface area contributed by atoms with E-state index in [4.69, 9.17) is 4.74 Å². The molecule has 1 aliphatic rings. The van der Waals surface area contributed by atoms with Crippen molar-refractivity contribution < 1.29 is 9.13 Å². The van der Waals surface area contributed by atoms with Crippen LogP contribution in [0.1, 0.15) is 33.3 Å². The maximum absolute atomic E-state index is 14.2. The van der Waals surface area contributed by atoms with E-state index in [1.54, 1.807) is 7.11 Å². The van der Waals surface area contributed by atoms with Gasteiger partial charge in [0.1, 0.15) is 11.6 Å². The highest BCUT2D eigenvalue weighted by Gasteiger charge is 2.34. The minimum atomic E-state index is -0.187. The van der Waals surface area contributed by atoms with Gasteiger partial charge in [-0.2, -0.15) is 0 Å². The molecule has 0 bridgehead atoms. The van der Waals surface area contributed by atoms with Gasteiger partial charge in [0, 0.05) is 42.8 Å². The van der Waals surface area contributed by atoms with Crippen molar-refractivity contribution in [3.05, 3.63) is 29.6 Å². The van der Waals surface area contributed by atoms with E-state index in [9.17, 15) is 4.39 Å². The van der Waals surface area contributed by atoms with Crippen LogP contribution in [0.4, 0.5) is 4.39 Å². The minimum absolute atomic E-state index is 0.0638. The van der Waals surface area contributed by atoms with Crippen molar-refractivity contribution in [1.82, 2.24) is 10.2 Å². The lowest BCUT2D eigenvalue weighted by Gasteiger charge is -2.46. The van der Waals surface area contributed by atoms with Gasteiger partial charge in [0.15, 0.2) is 0 Å². The molecule has 1 aliphatic heterocycles. The maximum atomic E-state index is 14.2. The molecule has 0 radical (unpaired) electrons. The van der Waals surface area contributed by atoms with Gasteiger partial charge in [0.25, 0.3) is 0 Å². The lowest BCUT2D eigenvalue weighted by Crippen LogP contribution is -2.62. The second-order valence-electron chi connectivity index (χ2n) is 6.94. The SMILES string of the molecule is COc1ccc(CN2CC(C)(C)NCC2C(C)C)c(F)c1. The second kappa shape index (κ2) is 6.32. The maximum Gasteiger partial charge on any atom is 0.131 e. The molecule has 0 amide bonds. The molecule has 1 N–H and O–H groups in total. The lowest BCUT2D eigenvalue weighted by atomic mass is 9.92. The molecule has 21 heavy (non-hydrogen) atoms.